The van der Waals surface area contributed by atoms with Gasteiger partial charge < -0.3 is 4.42 Å². The topological polar surface area (TPSA) is 56.7 Å². The highest BCUT2D eigenvalue weighted by Gasteiger charge is 2.22. The fourth-order valence-electron chi connectivity index (χ4n) is 7.75. The molecule has 4 aromatic heterocycles. The lowest BCUT2D eigenvalue weighted by molar-refractivity contribution is 0.669. The largest absolute Gasteiger partial charge is 0.456 e. The van der Waals surface area contributed by atoms with Gasteiger partial charge in [0, 0.05) is 48.1 Å². The molecule has 0 radical (unpaired) electrons. The number of thiophene rings is 1. The Morgan fingerprint density at radius 2 is 1.17 bits per heavy atom. The zero-order valence-electron chi connectivity index (χ0n) is 28.0. The number of rotatable bonds is 4. The number of hydrogen-bond donors (Lipinski definition) is 0. The standard InChI is InChI=1S/C45H27BN4OS/c46-35-15-9-16-38-40(35)34-25-29(19-23-37(34)51-38)28-18-22-36-33(24-28)31-20-21-32-30-14-7-8-17-39(30)52-42(32)41(31)50(36)45-48-43(26-10-3-1-4-11-26)47-44(49-45)27-12-5-2-6-13-27/h1-25H,46H2. The van der Waals surface area contributed by atoms with Gasteiger partial charge in [-0.05, 0) is 47.5 Å². The van der Waals surface area contributed by atoms with Crippen LogP contribution in [0.1, 0.15) is 0 Å². The number of nitrogens with zero attached hydrogens (tertiary/aromatic N) is 4. The molecule has 11 rings (SSSR count). The third kappa shape index (κ3) is 4.39. The van der Waals surface area contributed by atoms with Crippen molar-refractivity contribution in [1.82, 2.24) is 19.5 Å². The van der Waals surface area contributed by atoms with Gasteiger partial charge in [0.2, 0.25) is 5.95 Å². The molecule has 0 atom stereocenters. The van der Waals surface area contributed by atoms with Crippen molar-refractivity contribution in [2.75, 3.05) is 0 Å². The van der Waals surface area contributed by atoms with Gasteiger partial charge in [0.05, 0.1) is 15.7 Å². The molecule has 0 bridgehead atoms. The molecule has 0 spiro atoms. The van der Waals surface area contributed by atoms with Gasteiger partial charge in [-0.25, -0.2) is 4.98 Å². The first-order chi connectivity index (χ1) is 25.7. The number of aromatic nitrogens is 4. The van der Waals surface area contributed by atoms with E-state index in [1.165, 1.54) is 31.0 Å². The second-order valence-corrected chi connectivity index (χ2v) is 14.3. The predicted octanol–water partition coefficient (Wildman–Crippen LogP) is 10.5. The highest BCUT2D eigenvalue weighted by molar-refractivity contribution is 7.26. The van der Waals surface area contributed by atoms with Crippen molar-refractivity contribution in [3.05, 3.63) is 152 Å². The van der Waals surface area contributed by atoms with E-state index in [9.17, 15) is 0 Å². The summed E-state index contributed by atoms with van der Waals surface area (Å²) in [5, 5.41) is 7.08. The maximum Gasteiger partial charge on any atom is 0.238 e. The van der Waals surface area contributed by atoms with Gasteiger partial charge in [0.25, 0.3) is 0 Å². The van der Waals surface area contributed by atoms with E-state index in [-0.39, 0.29) is 0 Å². The number of benzene rings is 7. The molecular formula is C45H27BN4OS. The van der Waals surface area contributed by atoms with Crippen molar-refractivity contribution in [3.8, 4) is 39.9 Å². The fourth-order valence-corrected chi connectivity index (χ4v) is 8.99. The van der Waals surface area contributed by atoms with Gasteiger partial charge in [-0.2, -0.15) is 9.97 Å². The highest BCUT2D eigenvalue weighted by atomic mass is 32.1. The second-order valence-electron chi connectivity index (χ2n) is 13.3. The molecule has 242 valence electrons. The maximum atomic E-state index is 6.23. The minimum Gasteiger partial charge on any atom is -0.456 e. The van der Waals surface area contributed by atoms with E-state index in [1.807, 2.05) is 53.8 Å². The summed E-state index contributed by atoms with van der Waals surface area (Å²) in [5.74, 6) is 1.86. The van der Waals surface area contributed by atoms with Gasteiger partial charge in [-0.1, -0.05) is 121 Å². The lowest BCUT2D eigenvalue weighted by atomic mass is 9.90. The first-order valence-corrected chi connectivity index (χ1v) is 18.2. The molecule has 7 aromatic carbocycles. The summed E-state index contributed by atoms with van der Waals surface area (Å²) in [6.07, 6.45) is 0. The van der Waals surface area contributed by atoms with Crippen LogP contribution in [-0.2, 0) is 0 Å². The Kier molecular flexibility index (Phi) is 6.30. The van der Waals surface area contributed by atoms with E-state index >= 15 is 0 Å². The Morgan fingerprint density at radius 1 is 0.500 bits per heavy atom. The van der Waals surface area contributed by atoms with Crippen molar-refractivity contribution < 1.29 is 4.42 Å². The Balaban J connectivity index is 1.22. The zero-order valence-corrected chi connectivity index (χ0v) is 28.9. The van der Waals surface area contributed by atoms with E-state index in [2.05, 4.69) is 122 Å². The second kappa shape index (κ2) is 11.2. The van der Waals surface area contributed by atoms with Crippen LogP contribution in [0.2, 0.25) is 0 Å². The average Bonchev–Trinajstić information content (AvgIpc) is 3.88. The van der Waals surface area contributed by atoms with Crippen molar-refractivity contribution in [2.45, 2.75) is 0 Å². The van der Waals surface area contributed by atoms with E-state index in [0.29, 0.717) is 17.6 Å². The van der Waals surface area contributed by atoms with Crippen LogP contribution in [0.3, 0.4) is 0 Å². The molecular weight excluding hydrogens is 655 g/mol. The van der Waals surface area contributed by atoms with Crippen molar-refractivity contribution in [2.24, 2.45) is 0 Å². The molecule has 52 heavy (non-hydrogen) atoms. The van der Waals surface area contributed by atoms with Gasteiger partial charge in [0.1, 0.15) is 19.0 Å². The molecule has 11 aromatic rings. The summed E-state index contributed by atoms with van der Waals surface area (Å²) in [5.41, 5.74) is 9.32. The van der Waals surface area contributed by atoms with E-state index in [4.69, 9.17) is 19.4 Å². The summed E-state index contributed by atoms with van der Waals surface area (Å²) in [6.45, 7) is 0. The Morgan fingerprint density at radius 3 is 1.94 bits per heavy atom. The molecule has 0 aliphatic heterocycles. The molecule has 0 fully saturated rings. The zero-order chi connectivity index (χ0) is 34.3. The minimum atomic E-state index is 0.590. The Labute approximate surface area is 302 Å². The molecule has 0 unspecified atom stereocenters. The SMILES string of the molecule is Bc1cccc2oc3ccc(-c4ccc5c(c4)c4ccc6c7ccccc7sc6c4n5-c4nc(-c5ccccc5)nc(-c5ccccc5)n4)cc3c12. The van der Waals surface area contributed by atoms with Crippen molar-refractivity contribution in [3.63, 3.8) is 0 Å². The predicted molar refractivity (Wildman–Crippen MR) is 219 cm³/mol. The third-order valence-corrected chi connectivity index (χ3v) is 11.4. The van der Waals surface area contributed by atoms with Gasteiger partial charge in [-0.3, -0.25) is 4.57 Å². The normalized spacial score (nSPS) is 11.9. The van der Waals surface area contributed by atoms with Crippen molar-refractivity contribution in [1.29, 1.82) is 0 Å². The molecule has 0 saturated carbocycles. The van der Waals surface area contributed by atoms with Gasteiger partial charge in [-0.15, -0.1) is 11.3 Å². The number of hydrogen-bond acceptors (Lipinski definition) is 5. The molecule has 5 nitrogen and oxygen atoms in total. The van der Waals surface area contributed by atoms with Crippen LogP contribution in [0, 0.1) is 0 Å². The summed E-state index contributed by atoms with van der Waals surface area (Å²) in [7, 11) is 2.15. The van der Waals surface area contributed by atoms with Gasteiger partial charge in [0.15, 0.2) is 11.6 Å². The molecule has 0 aliphatic rings. The van der Waals surface area contributed by atoms with E-state index in [0.717, 1.165) is 60.6 Å². The van der Waals surface area contributed by atoms with Crippen LogP contribution in [-0.4, -0.2) is 27.4 Å². The first-order valence-electron chi connectivity index (χ1n) is 17.4. The van der Waals surface area contributed by atoms with Crippen LogP contribution in [0.25, 0.3) is 104 Å². The van der Waals surface area contributed by atoms with E-state index < -0.39 is 0 Å². The van der Waals surface area contributed by atoms with Crippen LogP contribution in [0.15, 0.2) is 156 Å². The average molecular weight is 683 g/mol. The molecule has 0 saturated heterocycles. The quantitative estimate of drug-likeness (QED) is 0.173. The summed E-state index contributed by atoms with van der Waals surface area (Å²) >= 11 is 1.82. The highest BCUT2D eigenvalue weighted by Crippen LogP contribution is 2.44. The lowest BCUT2D eigenvalue weighted by Crippen LogP contribution is -2.06. The van der Waals surface area contributed by atoms with Crippen LogP contribution < -0.4 is 5.46 Å². The van der Waals surface area contributed by atoms with Gasteiger partial charge >= 0.3 is 0 Å². The minimum absolute atomic E-state index is 0.590. The Hall–Kier alpha value is -6.57. The lowest BCUT2D eigenvalue weighted by Gasteiger charge is -2.11. The molecule has 7 heteroatoms. The van der Waals surface area contributed by atoms with Crippen molar-refractivity contribution >= 4 is 88.6 Å². The van der Waals surface area contributed by atoms with Crippen LogP contribution >= 0.6 is 11.3 Å². The summed E-state index contributed by atoms with van der Waals surface area (Å²) in [6, 6.07) is 53.1. The molecule has 0 N–H and O–H groups in total. The molecule has 0 amide bonds. The molecule has 0 aliphatic carbocycles. The van der Waals surface area contributed by atoms with Crippen LogP contribution in [0.5, 0.6) is 0 Å². The monoisotopic (exact) mass is 682 g/mol. The number of furan rings is 1. The van der Waals surface area contributed by atoms with Crippen LogP contribution in [0.4, 0.5) is 0 Å². The summed E-state index contributed by atoms with van der Waals surface area (Å²) < 4.78 is 10.9. The Bertz CT molecular complexity index is 3140. The smallest absolute Gasteiger partial charge is 0.238 e. The summed E-state index contributed by atoms with van der Waals surface area (Å²) in [4.78, 5) is 15.4. The number of fused-ring (bicyclic) bond motifs is 10. The fraction of sp³-hybridized carbons (Fsp3) is 0. The molecule has 4 heterocycles. The first kappa shape index (κ1) is 29.2. The third-order valence-electron chi connectivity index (χ3n) is 10.2. The maximum absolute atomic E-state index is 6.23. The van der Waals surface area contributed by atoms with E-state index in [1.54, 1.807) is 0 Å².